The molecule has 0 radical (unpaired) electrons. The van der Waals surface area contributed by atoms with Crippen molar-refractivity contribution in [2.45, 2.75) is 20.3 Å². The average molecular weight is 160 g/mol. The monoisotopic (exact) mass is 160 g/mol. The first-order valence-corrected chi connectivity index (χ1v) is 4.29. The molecule has 1 aliphatic rings. The maximum absolute atomic E-state index is 4.33. The highest BCUT2D eigenvalue weighted by Gasteiger charge is 2.17. The Morgan fingerprint density at radius 2 is 2.00 bits per heavy atom. The lowest BCUT2D eigenvalue weighted by Crippen LogP contribution is -1.96. The highest BCUT2D eigenvalue weighted by atomic mass is 14.8. The minimum absolute atomic E-state index is 0.558. The Bertz CT molecular complexity index is 326. The van der Waals surface area contributed by atoms with Crippen molar-refractivity contribution in [3.8, 4) is 0 Å². The molecule has 0 saturated heterocycles. The Morgan fingerprint density at radius 3 is 2.75 bits per heavy atom. The van der Waals surface area contributed by atoms with Gasteiger partial charge < -0.3 is 0 Å². The van der Waals surface area contributed by atoms with E-state index in [0.29, 0.717) is 5.92 Å². The lowest BCUT2D eigenvalue weighted by atomic mass is 10.0. The molecule has 0 amide bonds. The SMILES string of the molecule is CC(C)C1=CCc2nccnc21. The summed E-state index contributed by atoms with van der Waals surface area (Å²) >= 11 is 0. The first-order chi connectivity index (χ1) is 5.79. The van der Waals surface area contributed by atoms with Gasteiger partial charge in [-0.15, -0.1) is 0 Å². The molecule has 1 heterocycles. The predicted octanol–water partition coefficient (Wildman–Crippen LogP) is 2.07. The Morgan fingerprint density at radius 1 is 1.25 bits per heavy atom. The van der Waals surface area contributed by atoms with Gasteiger partial charge >= 0.3 is 0 Å². The second kappa shape index (κ2) is 2.70. The third kappa shape index (κ3) is 1.04. The molecular weight excluding hydrogens is 148 g/mol. The molecule has 1 aromatic rings. The molecule has 2 nitrogen and oxygen atoms in total. The molecule has 0 atom stereocenters. The van der Waals surface area contributed by atoms with Crippen molar-refractivity contribution in [3.05, 3.63) is 29.9 Å². The second-order valence-corrected chi connectivity index (χ2v) is 3.37. The highest BCUT2D eigenvalue weighted by Crippen LogP contribution is 2.28. The lowest BCUT2D eigenvalue weighted by Gasteiger charge is -2.06. The number of hydrogen-bond acceptors (Lipinski definition) is 2. The maximum Gasteiger partial charge on any atom is 0.0879 e. The van der Waals surface area contributed by atoms with Gasteiger partial charge in [0.05, 0.1) is 11.4 Å². The first-order valence-electron chi connectivity index (χ1n) is 4.29. The molecule has 0 unspecified atom stereocenters. The fraction of sp³-hybridized carbons (Fsp3) is 0.400. The minimum Gasteiger partial charge on any atom is -0.257 e. The normalized spacial score (nSPS) is 14.8. The van der Waals surface area contributed by atoms with Gasteiger partial charge in [0.25, 0.3) is 0 Å². The number of allylic oxidation sites excluding steroid dienone is 2. The van der Waals surface area contributed by atoms with E-state index in [2.05, 4.69) is 29.9 Å². The lowest BCUT2D eigenvalue weighted by molar-refractivity contribution is 0.849. The van der Waals surface area contributed by atoms with Crippen LogP contribution in [0.1, 0.15) is 25.2 Å². The summed E-state index contributed by atoms with van der Waals surface area (Å²) in [7, 11) is 0. The van der Waals surface area contributed by atoms with E-state index < -0.39 is 0 Å². The van der Waals surface area contributed by atoms with Gasteiger partial charge in [0.2, 0.25) is 0 Å². The zero-order valence-corrected chi connectivity index (χ0v) is 7.41. The number of rotatable bonds is 1. The summed E-state index contributed by atoms with van der Waals surface area (Å²) in [5.74, 6) is 0.558. The Balaban J connectivity index is 2.45. The molecule has 2 rings (SSSR count). The zero-order chi connectivity index (χ0) is 8.55. The molecule has 0 spiro atoms. The van der Waals surface area contributed by atoms with Crippen molar-refractivity contribution < 1.29 is 0 Å². The van der Waals surface area contributed by atoms with Crippen molar-refractivity contribution in [3.63, 3.8) is 0 Å². The van der Waals surface area contributed by atoms with Gasteiger partial charge in [0, 0.05) is 18.8 Å². The zero-order valence-electron chi connectivity index (χ0n) is 7.41. The van der Waals surface area contributed by atoms with Crippen LogP contribution in [0.5, 0.6) is 0 Å². The van der Waals surface area contributed by atoms with Gasteiger partial charge in [-0.1, -0.05) is 19.9 Å². The van der Waals surface area contributed by atoms with Crippen LogP contribution in [0.4, 0.5) is 0 Å². The van der Waals surface area contributed by atoms with Crippen LogP contribution < -0.4 is 0 Å². The van der Waals surface area contributed by atoms with E-state index in [1.54, 1.807) is 12.4 Å². The average Bonchev–Trinajstić information content (AvgIpc) is 2.47. The minimum atomic E-state index is 0.558. The van der Waals surface area contributed by atoms with Gasteiger partial charge in [-0.05, 0) is 11.5 Å². The number of hydrogen-bond donors (Lipinski definition) is 0. The van der Waals surface area contributed by atoms with Crippen LogP contribution in [0.3, 0.4) is 0 Å². The van der Waals surface area contributed by atoms with Gasteiger partial charge in [-0.25, -0.2) is 0 Å². The van der Waals surface area contributed by atoms with E-state index in [1.165, 1.54) is 5.57 Å². The van der Waals surface area contributed by atoms with E-state index in [1.807, 2.05) is 0 Å². The summed E-state index contributed by atoms with van der Waals surface area (Å²) in [5.41, 5.74) is 3.58. The largest absolute Gasteiger partial charge is 0.257 e. The Hall–Kier alpha value is -1.18. The van der Waals surface area contributed by atoms with Crippen LogP contribution in [0.2, 0.25) is 0 Å². The smallest absolute Gasteiger partial charge is 0.0879 e. The molecule has 12 heavy (non-hydrogen) atoms. The van der Waals surface area contributed by atoms with E-state index in [-0.39, 0.29) is 0 Å². The van der Waals surface area contributed by atoms with Crippen molar-refractivity contribution in [2.24, 2.45) is 5.92 Å². The predicted molar refractivity (Wildman–Crippen MR) is 48.6 cm³/mol. The number of aromatic nitrogens is 2. The summed E-state index contributed by atoms with van der Waals surface area (Å²) in [6.45, 7) is 4.38. The third-order valence-electron chi connectivity index (χ3n) is 2.18. The summed E-state index contributed by atoms with van der Waals surface area (Å²) in [6, 6.07) is 0. The molecule has 0 fully saturated rings. The maximum atomic E-state index is 4.33. The summed E-state index contributed by atoms with van der Waals surface area (Å²) in [6.07, 6.45) is 6.71. The molecule has 0 aliphatic heterocycles. The molecule has 0 bridgehead atoms. The standard InChI is InChI=1S/C10H12N2/c1-7(2)8-3-4-9-10(8)12-6-5-11-9/h3,5-7H,4H2,1-2H3. The molecule has 0 N–H and O–H groups in total. The molecule has 62 valence electrons. The van der Waals surface area contributed by atoms with Crippen LogP contribution in [-0.4, -0.2) is 9.97 Å². The van der Waals surface area contributed by atoms with Crippen molar-refractivity contribution in [2.75, 3.05) is 0 Å². The second-order valence-electron chi connectivity index (χ2n) is 3.37. The van der Waals surface area contributed by atoms with Gasteiger partial charge in [0.1, 0.15) is 0 Å². The van der Waals surface area contributed by atoms with Crippen molar-refractivity contribution in [1.82, 2.24) is 9.97 Å². The highest BCUT2D eigenvalue weighted by molar-refractivity contribution is 5.69. The van der Waals surface area contributed by atoms with Gasteiger partial charge in [-0.3, -0.25) is 9.97 Å². The quantitative estimate of drug-likeness (QED) is 0.628. The topological polar surface area (TPSA) is 25.8 Å². The Kier molecular flexibility index (Phi) is 1.68. The molecular formula is C10H12N2. The van der Waals surface area contributed by atoms with Crippen LogP contribution in [0, 0.1) is 5.92 Å². The third-order valence-corrected chi connectivity index (χ3v) is 2.18. The van der Waals surface area contributed by atoms with Crippen LogP contribution >= 0.6 is 0 Å². The Labute approximate surface area is 72.4 Å². The van der Waals surface area contributed by atoms with E-state index in [4.69, 9.17) is 0 Å². The fourth-order valence-corrected chi connectivity index (χ4v) is 1.57. The summed E-state index contributed by atoms with van der Waals surface area (Å²) in [4.78, 5) is 8.61. The number of nitrogens with zero attached hydrogens (tertiary/aromatic N) is 2. The van der Waals surface area contributed by atoms with E-state index in [0.717, 1.165) is 17.8 Å². The number of fused-ring (bicyclic) bond motifs is 1. The summed E-state index contributed by atoms with van der Waals surface area (Å²) in [5, 5.41) is 0. The van der Waals surface area contributed by atoms with Crippen molar-refractivity contribution in [1.29, 1.82) is 0 Å². The van der Waals surface area contributed by atoms with Crippen LogP contribution in [-0.2, 0) is 6.42 Å². The van der Waals surface area contributed by atoms with E-state index in [9.17, 15) is 0 Å². The molecule has 2 heteroatoms. The fourth-order valence-electron chi connectivity index (χ4n) is 1.57. The van der Waals surface area contributed by atoms with Crippen LogP contribution in [0.25, 0.3) is 5.57 Å². The molecule has 0 aromatic carbocycles. The summed E-state index contributed by atoms with van der Waals surface area (Å²) < 4.78 is 0. The molecule has 0 saturated carbocycles. The molecule has 1 aromatic heterocycles. The van der Waals surface area contributed by atoms with E-state index >= 15 is 0 Å². The van der Waals surface area contributed by atoms with Gasteiger partial charge in [-0.2, -0.15) is 0 Å². The van der Waals surface area contributed by atoms with Crippen LogP contribution in [0.15, 0.2) is 18.5 Å². The van der Waals surface area contributed by atoms with Gasteiger partial charge in [0.15, 0.2) is 0 Å². The first kappa shape index (κ1) is 7.47. The van der Waals surface area contributed by atoms with Crippen molar-refractivity contribution >= 4 is 5.57 Å². The molecule has 1 aliphatic carbocycles.